The van der Waals surface area contributed by atoms with Crippen LogP contribution in [0.25, 0.3) is 10.9 Å². The van der Waals surface area contributed by atoms with Crippen molar-refractivity contribution in [2.45, 2.75) is 5.16 Å². The Labute approximate surface area is 114 Å². The molecule has 0 saturated carbocycles. The second kappa shape index (κ2) is 4.64. The summed E-state index contributed by atoms with van der Waals surface area (Å²) in [4.78, 5) is 8.07. The Morgan fingerprint density at radius 2 is 2.06 bits per heavy atom. The molecule has 0 aliphatic rings. The second-order valence-corrected chi connectivity index (χ2v) is 5.22. The van der Waals surface area contributed by atoms with Crippen molar-refractivity contribution in [2.24, 2.45) is 0 Å². The maximum absolute atomic E-state index is 13.9. The van der Waals surface area contributed by atoms with E-state index in [4.69, 9.17) is 23.2 Å². The molecule has 7 heteroatoms. The molecule has 0 amide bonds. The van der Waals surface area contributed by atoms with Crippen molar-refractivity contribution in [3.05, 3.63) is 26.5 Å². The molecule has 0 atom stereocenters. The number of aromatic nitrogens is 2. The molecule has 1 aromatic carbocycles. The van der Waals surface area contributed by atoms with Crippen LogP contribution in [0, 0.1) is 5.82 Å². The van der Waals surface area contributed by atoms with E-state index in [2.05, 4.69) is 25.9 Å². The normalized spacial score (nSPS) is 11.1. The average Bonchev–Trinajstić information content (AvgIpc) is 2.27. The van der Waals surface area contributed by atoms with Gasteiger partial charge in [0, 0.05) is 5.39 Å². The van der Waals surface area contributed by atoms with Crippen molar-refractivity contribution in [1.29, 1.82) is 0 Å². The van der Waals surface area contributed by atoms with Gasteiger partial charge in [0.05, 0.1) is 9.50 Å². The van der Waals surface area contributed by atoms with Gasteiger partial charge in [-0.2, -0.15) is 0 Å². The van der Waals surface area contributed by atoms with Crippen molar-refractivity contribution < 1.29 is 4.39 Å². The van der Waals surface area contributed by atoms with E-state index in [-0.39, 0.29) is 20.2 Å². The van der Waals surface area contributed by atoms with Crippen LogP contribution in [0.2, 0.25) is 10.2 Å². The van der Waals surface area contributed by atoms with Crippen LogP contribution in [0.4, 0.5) is 4.39 Å². The standard InChI is InChI=1S/C9H4BrCl2FN2S/c1-16-9-14-7-3(8(12)15-9)2-4(11)5(10)6(7)13/h2H,1H3. The molecule has 2 rings (SSSR count). The van der Waals surface area contributed by atoms with Gasteiger partial charge in [-0.3, -0.25) is 0 Å². The zero-order chi connectivity index (χ0) is 11.9. The first kappa shape index (κ1) is 12.4. The molecule has 2 aromatic rings. The number of thioether (sulfide) groups is 1. The van der Waals surface area contributed by atoms with Crippen LogP contribution in [0.3, 0.4) is 0 Å². The minimum Gasteiger partial charge on any atom is -0.219 e. The van der Waals surface area contributed by atoms with Gasteiger partial charge in [-0.15, -0.1) is 0 Å². The van der Waals surface area contributed by atoms with Gasteiger partial charge in [0.15, 0.2) is 11.0 Å². The summed E-state index contributed by atoms with van der Waals surface area (Å²) in [5, 5.41) is 1.27. The fourth-order valence-corrected chi connectivity index (χ4v) is 2.34. The molecule has 16 heavy (non-hydrogen) atoms. The van der Waals surface area contributed by atoms with Gasteiger partial charge >= 0.3 is 0 Å². The molecule has 1 aromatic heterocycles. The Bertz CT molecular complexity index is 579. The molecule has 0 bridgehead atoms. The molecule has 84 valence electrons. The number of nitrogens with zero attached hydrogens (tertiary/aromatic N) is 2. The van der Waals surface area contributed by atoms with Crippen molar-refractivity contribution >= 4 is 61.8 Å². The highest BCUT2D eigenvalue weighted by Gasteiger charge is 2.15. The zero-order valence-electron chi connectivity index (χ0n) is 7.89. The summed E-state index contributed by atoms with van der Waals surface area (Å²) in [7, 11) is 0. The van der Waals surface area contributed by atoms with Gasteiger partial charge in [0.25, 0.3) is 0 Å². The minimum atomic E-state index is -0.526. The monoisotopic (exact) mass is 340 g/mol. The van der Waals surface area contributed by atoms with E-state index in [1.807, 2.05) is 0 Å². The topological polar surface area (TPSA) is 25.8 Å². The second-order valence-electron chi connectivity index (χ2n) is 2.88. The Balaban J connectivity index is 2.90. The predicted molar refractivity (Wildman–Crippen MR) is 69.0 cm³/mol. The molecular weight excluding hydrogens is 338 g/mol. The molecular formula is C9H4BrCl2FN2S. The fourth-order valence-electron chi connectivity index (χ4n) is 1.21. The first-order chi connectivity index (χ1) is 7.54. The summed E-state index contributed by atoms with van der Waals surface area (Å²) < 4.78 is 14.0. The third kappa shape index (κ3) is 2.01. The van der Waals surface area contributed by atoms with Crippen LogP contribution in [-0.2, 0) is 0 Å². The lowest BCUT2D eigenvalue weighted by Gasteiger charge is -2.06. The number of halogens is 4. The molecule has 0 unspecified atom stereocenters. The van der Waals surface area contributed by atoms with E-state index >= 15 is 0 Å². The van der Waals surface area contributed by atoms with Gasteiger partial charge in [-0.25, -0.2) is 14.4 Å². The van der Waals surface area contributed by atoms with E-state index in [1.165, 1.54) is 17.8 Å². The lowest BCUT2D eigenvalue weighted by molar-refractivity contribution is 0.628. The zero-order valence-corrected chi connectivity index (χ0v) is 11.8. The highest BCUT2D eigenvalue weighted by molar-refractivity contribution is 9.10. The molecule has 0 spiro atoms. The molecule has 0 aliphatic carbocycles. The van der Waals surface area contributed by atoms with E-state index in [0.29, 0.717) is 10.5 Å². The molecule has 0 saturated heterocycles. The number of rotatable bonds is 1. The summed E-state index contributed by atoms with van der Waals surface area (Å²) in [5.41, 5.74) is 0.167. The van der Waals surface area contributed by atoms with Gasteiger partial charge in [-0.05, 0) is 28.3 Å². The van der Waals surface area contributed by atoms with Gasteiger partial charge < -0.3 is 0 Å². The molecule has 2 nitrogen and oxygen atoms in total. The third-order valence-corrected chi connectivity index (χ3v) is 4.08. The van der Waals surface area contributed by atoms with Crippen molar-refractivity contribution in [1.82, 2.24) is 9.97 Å². The number of hydrogen-bond acceptors (Lipinski definition) is 3. The highest BCUT2D eigenvalue weighted by atomic mass is 79.9. The van der Waals surface area contributed by atoms with Crippen LogP contribution in [0.15, 0.2) is 15.7 Å². The van der Waals surface area contributed by atoms with Crippen LogP contribution >= 0.6 is 50.9 Å². The van der Waals surface area contributed by atoms with Crippen LogP contribution in [0.1, 0.15) is 0 Å². The predicted octanol–water partition coefficient (Wildman–Crippen LogP) is 4.56. The summed E-state index contributed by atoms with van der Waals surface area (Å²) in [6.45, 7) is 0. The van der Waals surface area contributed by atoms with Gasteiger partial charge in [0.1, 0.15) is 10.7 Å². The van der Waals surface area contributed by atoms with E-state index in [1.54, 1.807) is 6.26 Å². The number of hydrogen-bond donors (Lipinski definition) is 0. The Kier molecular flexibility index (Phi) is 3.59. The molecule has 0 radical (unpaired) electrons. The maximum atomic E-state index is 13.9. The van der Waals surface area contributed by atoms with Crippen LogP contribution in [0.5, 0.6) is 0 Å². The molecule has 0 N–H and O–H groups in total. The van der Waals surface area contributed by atoms with Gasteiger partial charge in [0.2, 0.25) is 0 Å². The van der Waals surface area contributed by atoms with Crippen molar-refractivity contribution in [3.63, 3.8) is 0 Å². The SMILES string of the molecule is CSc1nc(Cl)c2cc(Cl)c(Br)c(F)c2n1. The quantitative estimate of drug-likeness (QED) is 0.329. The van der Waals surface area contributed by atoms with Crippen molar-refractivity contribution in [2.75, 3.05) is 6.26 Å². The van der Waals surface area contributed by atoms with Crippen LogP contribution < -0.4 is 0 Å². The van der Waals surface area contributed by atoms with E-state index < -0.39 is 5.82 Å². The van der Waals surface area contributed by atoms with Crippen LogP contribution in [-0.4, -0.2) is 16.2 Å². The summed E-state index contributed by atoms with van der Waals surface area (Å²) in [5.74, 6) is -0.526. The summed E-state index contributed by atoms with van der Waals surface area (Å²) in [6, 6.07) is 1.54. The Morgan fingerprint density at radius 1 is 1.38 bits per heavy atom. The Morgan fingerprint density at radius 3 is 2.69 bits per heavy atom. The lowest BCUT2D eigenvalue weighted by atomic mass is 10.2. The highest BCUT2D eigenvalue weighted by Crippen LogP contribution is 2.34. The van der Waals surface area contributed by atoms with Gasteiger partial charge in [-0.1, -0.05) is 35.0 Å². The molecule has 0 fully saturated rings. The summed E-state index contributed by atoms with van der Waals surface area (Å²) >= 11 is 16.1. The number of benzene rings is 1. The first-order valence-corrected chi connectivity index (χ1v) is 6.86. The van der Waals surface area contributed by atoms with Crippen molar-refractivity contribution in [3.8, 4) is 0 Å². The first-order valence-electron chi connectivity index (χ1n) is 4.09. The van der Waals surface area contributed by atoms with E-state index in [9.17, 15) is 4.39 Å². The largest absolute Gasteiger partial charge is 0.219 e. The average molecular weight is 342 g/mol. The third-order valence-electron chi connectivity index (χ3n) is 1.94. The smallest absolute Gasteiger partial charge is 0.189 e. The molecule has 1 heterocycles. The molecule has 0 aliphatic heterocycles. The lowest BCUT2D eigenvalue weighted by Crippen LogP contribution is -1.93. The maximum Gasteiger partial charge on any atom is 0.189 e. The summed E-state index contributed by atoms with van der Waals surface area (Å²) in [6.07, 6.45) is 1.79. The Hall–Kier alpha value is -0.100. The van der Waals surface area contributed by atoms with E-state index in [0.717, 1.165) is 0 Å². The number of fused-ring (bicyclic) bond motifs is 1. The fraction of sp³-hybridized carbons (Fsp3) is 0.111. The minimum absolute atomic E-state index is 0.167.